The first kappa shape index (κ1) is 12.1. The minimum atomic E-state index is 0.193. The summed E-state index contributed by atoms with van der Waals surface area (Å²) in [5.74, 6) is 1.00. The predicted octanol–water partition coefficient (Wildman–Crippen LogP) is 3.59. The van der Waals surface area contributed by atoms with E-state index in [-0.39, 0.29) is 6.04 Å². The van der Waals surface area contributed by atoms with Crippen LogP contribution in [0.2, 0.25) is 0 Å². The summed E-state index contributed by atoms with van der Waals surface area (Å²) in [6, 6.07) is 4.48. The van der Waals surface area contributed by atoms with Crippen LogP contribution in [0, 0.1) is 6.92 Å². The number of aryl methyl sites for hydroxylation is 1. The number of hydrogen-bond acceptors (Lipinski definition) is 3. The van der Waals surface area contributed by atoms with E-state index in [0.717, 1.165) is 5.75 Å². The maximum atomic E-state index is 6.11. The Kier molecular flexibility index (Phi) is 4.04. The van der Waals surface area contributed by atoms with Gasteiger partial charge < -0.3 is 5.73 Å². The van der Waals surface area contributed by atoms with Crippen LogP contribution in [0.1, 0.15) is 36.6 Å². The molecule has 0 spiro atoms. The van der Waals surface area contributed by atoms with Gasteiger partial charge in [0.25, 0.3) is 0 Å². The fourth-order valence-corrected chi connectivity index (χ4v) is 2.92. The van der Waals surface area contributed by atoms with Crippen molar-refractivity contribution in [1.29, 1.82) is 0 Å². The number of nitrogens with two attached hydrogens (primary N) is 1. The number of thiophene rings is 1. The van der Waals surface area contributed by atoms with Gasteiger partial charge in [-0.15, -0.1) is 11.3 Å². The molecule has 1 aromatic heterocycles. The summed E-state index contributed by atoms with van der Waals surface area (Å²) < 4.78 is 0.309. The molecule has 1 unspecified atom stereocenters. The molecule has 0 aliphatic rings. The third-order valence-electron chi connectivity index (χ3n) is 1.82. The van der Waals surface area contributed by atoms with Gasteiger partial charge in [0.2, 0.25) is 0 Å². The highest BCUT2D eigenvalue weighted by molar-refractivity contribution is 8.00. The Bertz CT molecular complexity index is 286. The summed E-state index contributed by atoms with van der Waals surface area (Å²) in [4.78, 5) is 2.65. The van der Waals surface area contributed by atoms with Crippen molar-refractivity contribution in [3.8, 4) is 0 Å². The molecular weight excluding hydrogens is 210 g/mol. The van der Waals surface area contributed by atoms with Crippen LogP contribution in [0.3, 0.4) is 0 Å². The largest absolute Gasteiger partial charge is 0.323 e. The van der Waals surface area contributed by atoms with E-state index < -0.39 is 0 Å². The molecule has 1 heterocycles. The second-order valence-corrected chi connectivity index (χ2v) is 7.64. The summed E-state index contributed by atoms with van der Waals surface area (Å²) in [5, 5.41) is 0. The van der Waals surface area contributed by atoms with Gasteiger partial charge >= 0.3 is 0 Å². The van der Waals surface area contributed by atoms with E-state index in [2.05, 4.69) is 39.8 Å². The van der Waals surface area contributed by atoms with E-state index in [1.165, 1.54) is 9.75 Å². The van der Waals surface area contributed by atoms with Crippen molar-refractivity contribution in [3.63, 3.8) is 0 Å². The average Bonchev–Trinajstić information content (AvgIpc) is 2.46. The molecule has 80 valence electrons. The SMILES string of the molecule is Cc1ccc(C(N)CSC(C)(C)C)s1. The van der Waals surface area contributed by atoms with Gasteiger partial charge in [0.05, 0.1) is 0 Å². The van der Waals surface area contributed by atoms with E-state index in [9.17, 15) is 0 Å². The molecule has 0 aliphatic carbocycles. The molecular formula is C11H19NS2. The first-order valence-electron chi connectivity index (χ1n) is 4.84. The maximum Gasteiger partial charge on any atom is 0.0481 e. The first-order valence-corrected chi connectivity index (χ1v) is 6.64. The Balaban J connectivity index is 2.47. The van der Waals surface area contributed by atoms with E-state index in [1.807, 2.05) is 23.1 Å². The average molecular weight is 229 g/mol. The lowest BCUT2D eigenvalue weighted by Crippen LogP contribution is -2.17. The smallest absolute Gasteiger partial charge is 0.0481 e. The maximum absolute atomic E-state index is 6.11. The van der Waals surface area contributed by atoms with Crippen molar-refractivity contribution in [1.82, 2.24) is 0 Å². The third-order valence-corrected chi connectivity index (χ3v) is 4.35. The Morgan fingerprint density at radius 1 is 1.43 bits per heavy atom. The van der Waals surface area contributed by atoms with Crippen LogP contribution in [0.4, 0.5) is 0 Å². The van der Waals surface area contributed by atoms with E-state index in [4.69, 9.17) is 5.73 Å². The van der Waals surface area contributed by atoms with Crippen LogP contribution in [0.5, 0.6) is 0 Å². The minimum Gasteiger partial charge on any atom is -0.323 e. The second kappa shape index (κ2) is 4.69. The van der Waals surface area contributed by atoms with Crippen LogP contribution >= 0.6 is 23.1 Å². The molecule has 0 saturated heterocycles. The topological polar surface area (TPSA) is 26.0 Å². The highest BCUT2D eigenvalue weighted by Gasteiger charge is 2.15. The lowest BCUT2D eigenvalue weighted by Gasteiger charge is -2.19. The molecule has 3 heteroatoms. The Morgan fingerprint density at radius 2 is 2.07 bits per heavy atom. The van der Waals surface area contributed by atoms with Crippen molar-refractivity contribution in [3.05, 3.63) is 21.9 Å². The highest BCUT2D eigenvalue weighted by atomic mass is 32.2. The normalized spacial score (nSPS) is 14.4. The molecule has 0 fully saturated rings. The van der Waals surface area contributed by atoms with Gasteiger partial charge in [-0.3, -0.25) is 0 Å². The van der Waals surface area contributed by atoms with Crippen LogP contribution in [0.15, 0.2) is 12.1 Å². The zero-order valence-corrected chi connectivity index (χ0v) is 11.0. The zero-order valence-electron chi connectivity index (χ0n) is 9.33. The number of rotatable bonds is 3. The first-order chi connectivity index (χ1) is 6.38. The van der Waals surface area contributed by atoms with Gasteiger partial charge in [-0.05, 0) is 19.1 Å². The highest BCUT2D eigenvalue weighted by Crippen LogP contribution is 2.29. The number of thioether (sulfide) groups is 1. The third kappa shape index (κ3) is 4.03. The standard InChI is InChI=1S/C11H19NS2/c1-8-5-6-10(14-8)9(12)7-13-11(2,3)4/h5-6,9H,7,12H2,1-4H3. The van der Waals surface area contributed by atoms with Crippen LogP contribution in [-0.4, -0.2) is 10.5 Å². The molecule has 1 rings (SSSR count). The molecule has 0 saturated carbocycles. The van der Waals surface area contributed by atoms with Crippen LogP contribution < -0.4 is 5.73 Å². The Labute approximate surface area is 95.1 Å². The minimum absolute atomic E-state index is 0.193. The molecule has 1 atom stereocenters. The lowest BCUT2D eigenvalue weighted by molar-refractivity contribution is 0.784. The summed E-state index contributed by atoms with van der Waals surface area (Å²) in [6.07, 6.45) is 0. The molecule has 0 amide bonds. The molecule has 2 N–H and O–H groups in total. The Hall–Kier alpha value is 0.01000. The van der Waals surface area contributed by atoms with Crippen molar-refractivity contribution in [2.75, 3.05) is 5.75 Å². The summed E-state index contributed by atoms with van der Waals surface area (Å²) >= 11 is 3.74. The van der Waals surface area contributed by atoms with Gasteiger partial charge in [0.15, 0.2) is 0 Å². The fraction of sp³-hybridized carbons (Fsp3) is 0.636. The molecule has 1 nitrogen and oxygen atoms in total. The van der Waals surface area contributed by atoms with Gasteiger partial charge in [-0.25, -0.2) is 0 Å². The van der Waals surface area contributed by atoms with E-state index in [0.29, 0.717) is 4.75 Å². The van der Waals surface area contributed by atoms with Gasteiger partial charge in [-0.1, -0.05) is 20.8 Å². The van der Waals surface area contributed by atoms with Gasteiger partial charge in [0, 0.05) is 26.3 Å². The van der Waals surface area contributed by atoms with Crippen molar-refractivity contribution >= 4 is 23.1 Å². The lowest BCUT2D eigenvalue weighted by atomic mass is 10.3. The number of hydrogen-bond donors (Lipinski definition) is 1. The summed E-state index contributed by atoms with van der Waals surface area (Å²) in [5.41, 5.74) is 6.11. The van der Waals surface area contributed by atoms with Gasteiger partial charge in [-0.2, -0.15) is 11.8 Å². The monoisotopic (exact) mass is 229 g/mol. The van der Waals surface area contributed by atoms with E-state index >= 15 is 0 Å². The van der Waals surface area contributed by atoms with Crippen molar-refractivity contribution < 1.29 is 0 Å². The van der Waals surface area contributed by atoms with Crippen LogP contribution in [-0.2, 0) is 0 Å². The zero-order chi connectivity index (χ0) is 10.8. The Morgan fingerprint density at radius 3 is 2.50 bits per heavy atom. The molecule has 0 aromatic carbocycles. The molecule has 1 aromatic rings. The summed E-state index contributed by atoms with van der Waals surface area (Å²) in [7, 11) is 0. The van der Waals surface area contributed by atoms with Gasteiger partial charge in [0.1, 0.15) is 0 Å². The molecule has 0 aliphatic heterocycles. The molecule has 0 bridgehead atoms. The van der Waals surface area contributed by atoms with Crippen molar-refractivity contribution in [2.45, 2.75) is 38.5 Å². The quantitative estimate of drug-likeness (QED) is 0.857. The molecule has 14 heavy (non-hydrogen) atoms. The molecule has 0 radical (unpaired) electrons. The van der Waals surface area contributed by atoms with Crippen molar-refractivity contribution in [2.24, 2.45) is 5.73 Å². The van der Waals surface area contributed by atoms with E-state index in [1.54, 1.807) is 0 Å². The second-order valence-electron chi connectivity index (χ2n) is 4.48. The predicted molar refractivity (Wildman–Crippen MR) is 68.2 cm³/mol. The fourth-order valence-electron chi connectivity index (χ4n) is 1.07. The summed E-state index contributed by atoms with van der Waals surface area (Å²) in [6.45, 7) is 8.80. The van der Waals surface area contributed by atoms with Crippen LogP contribution in [0.25, 0.3) is 0 Å².